The van der Waals surface area contributed by atoms with E-state index in [1.54, 1.807) is 4.90 Å². The van der Waals surface area contributed by atoms with Gasteiger partial charge in [0, 0.05) is 30.7 Å². The smallest absolute Gasteiger partial charge is 0.317 e. The van der Waals surface area contributed by atoms with E-state index in [1.807, 2.05) is 19.2 Å². The molecule has 1 heterocycles. The van der Waals surface area contributed by atoms with Crippen LogP contribution in [0.25, 0.3) is 0 Å². The summed E-state index contributed by atoms with van der Waals surface area (Å²) < 4.78 is 6.83. The maximum Gasteiger partial charge on any atom is 0.317 e. The second-order valence-corrected chi connectivity index (χ2v) is 6.36. The summed E-state index contributed by atoms with van der Waals surface area (Å²) in [6.45, 7) is 4.01. The molecule has 6 heteroatoms. The van der Waals surface area contributed by atoms with Crippen LogP contribution in [0.3, 0.4) is 0 Å². The molecule has 0 bridgehead atoms. The van der Waals surface area contributed by atoms with E-state index in [0.717, 1.165) is 24.1 Å². The summed E-state index contributed by atoms with van der Waals surface area (Å²) in [6, 6.07) is 8.30. The number of hydrogen-bond donors (Lipinski definition) is 1. The molecular weight excluding hydrogens is 336 g/mol. The number of nitrogens with zero attached hydrogens (tertiary/aromatic N) is 2. The molecular formula is C15H21BrN2O3. The van der Waals surface area contributed by atoms with Gasteiger partial charge in [-0.05, 0) is 24.7 Å². The number of halogens is 1. The number of likely N-dealkylation sites (N-methyl/N-ethyl adjacent to an activating group) is 1. The Labute approximate surface area is 133 Å². The van der Waals surface area contributed by atoms with Crippen molar-refractivity contribution in [2.75, 3.05) is 39.8 Å². The first kappa shape index (κ1) is 16.4. The molecule has 21 heavy (non-hydrogen) atoms. The van der Waals surface area contributed by atoms with E-state index in [0.29, 0.717) is 13.2 Å². The molecule has 0 amide bonds. The van der Waals surface area contributed by atoms with Gasteiger partial charge in [-0.1, -0.05) is 28.1 Å². The van der Waals surface area contributed by atoms with Crippen LogP contribution >= 0.6 is 15.9 Å². The molecule has 0 saturated carbocycles. The van der Waals surface area contributed by atoms with Crippen LogP contribution in [-0.4, -0.2) is 66.8 Å². The third-order valence-electron chi connectivity index (χ3n) is 3.44. The van der Waals surface area contributed by atoms with Gasteiger partial charge in [-0.3, -0.25) is 14.6 Å². The number of morpholine rings is 1. The molecule has 5 nitrogen and oxygen atoms in total. The predicted molar refractivity (Wildman–Crippen MR) is 84.3 cm³/mol. The number of hydrogen-bond acceptors (Lipinski definition) is 4. The molecule has 1 atom stereocenters. The van der Waals surface area contributed by atoms with E-state index < -0.39 is 5.97 Å². The molecule has 1 unspecified atom stereocenters. The highest BCUT2D eigenvalue weighted by atomic mass is 79.9. The first-order chi connectivity index (χ1) is 10.0. The molecule has 1 saturated heterocycles. The van der Waals surface area contributed by atoms with Crippen molar-refractivity contribution in [3.63, 3.8) is 0 Å². The van der Waals surface area contributed by atoms with Crippen LogP contribution in [0.5, 0.6) is 0 Å². The van der Waals surface area contributed by atoms with Crippen molar-refractivity contribution in [1.82, 2.24) is 9.80 Å². The van der Waals surface area contributed by atoms with Crippen molar-refractivity contribution < 1.29 is 14.6 Å². The van der Waals surface area contributed by atoms with Gasteiger partial charge in [-0.25, -0.2) is 0 Å². The normalized spacial score (nSPS) is 19.9. The van der Waals surface area contributed by atoms with E-state index in [4.69, 9.17) is 9.84 Å². The third kappa shape index (κ3) is 5.74. The molecule has 2 rings (SSSR count). The molecule has 1 aliphatic rings. The van der Waals surface area contributed by atoms with E-state index in [-0.39, 0.29) is 12.6 Å². The minimum Gasteiger partial charge on any atom is -0.480 e. The van der Waals surface area contributed by atoms with Gasteiger partial charge in [0.15, 0.2) is 0 Å². The quantitative estimate of drug-likeness (QED) is 0.840. The average Bonchev–Trinajstić information content (AvgIpc) is 2.37. The number of benzene rings is 1. The fourth-order valence-corrected chi connectivity index (χ4v) is 3.02. The van der Waals surface area contributed by atoms with Gasteiger partial charge < -0.3 is 9.84 Å². The Morgan fingerprint density at radius 2 is 2.38 bits per heavy atom. The van der Waals surface area contributed by atoms with Crippen molar-refractivity contribution in [2.24, 2.45) is 0 Å². The first-order valence-electron chi connectivity index (χ1n) is 7.01. The van der Waals surface area contributed by atoms with Crippen LogP contribution in [0.4, 0.5) is 0 Å². The lowest BCUT2D eigenvalue weighted by Crippen LogP contribution is -2.47. The van der Waals surface area contributed by atoms with Gasteiger partial charge in [-0.2, -0.15) is 0 Å². The Bertz CT molecular complexity index is 484. The van der Waals surface area contributed by atoms with Crippen molar-refractivity contribution >= 4 is 21.9 Å². The number of ether oxygens (including phenoxy) is 1. The monoisotopic (exact) mass is 356 g/mol. The van der Waals surface area contributed by atoms with E-state index in [2.05, 4.69) is 33.0 Å². The van der Waals surface area contributed by atoms with Crippen molar-refractivity contribution in [3.8, 4) is 0 Å². The van der Waals surface area contributed by atoms with Gasteiger partial charge >= 0.3 is 5.97 Å². The second-order valence-electron chi connectivity index (χ2n) is 5.45. The summed E-state index contributed by atoms with van der Waals surface area (Å²) in [4.78, 5) is 14.8. The zero-order valence-corrected chi connectivity index (χ0v) is 13.8. The summed E-state index contributed by atoms with van der Waals surface area (Å²) >= 11 is 3.49. The Kier molecular flexibility index (Phi) is 6.17. The molecule has 1 aromatic rings. The van der Waals surface area contributed by atoms with Crippen molar-refractivity contribution in [1.29, 1.82) is 0 Å². The molecule has 0 aliphatic carbocycles. The SMILES string of the molecule is CN(CC(=O)O)CC1CN(Cc2cccc(Br)c2)CCO1. The van der Waals surface area contributed by atoms with Crippen LogP contribution in [0.1, 0.15) is 5.56 Å². The first-order valence-corrected chi connectivity index (χ1v) is 7.81. The highest BCUT2D eigenvalue weighted by Crippen LogP contribution is 2.15. The number of rotatable bonds is 6. The van der Waals surface area contributed by atoms with Crippen LogP contribution < -0.4 is 0 Å². The summed E-state index contributed by atoms with van der Waals surface area (Å²) in [5.41, 5.74) is 1.27. The lowest BCUT2D eigenvalue weighted by atomic mass is 10.2. The predicted octanol–water partition coefficient (Wildman–Crippen LogP) is 1.67. The maximum atomic E-state index is 10.7. The lowest BCUT2D eigenvalue weighted by Gasteiger charge is -2.34. The summed E-state index contributed by atoms with van der Waals surface area (Å²) in [5, 5.41) is 8.79. The second kappa shape index (κ2) is 7.89. The highest BCUT2D eigenvalue weighted by Gasteiger charge is 2.22. The summed E-state index contributed by atoms with van der Waals surface area (Å²) in [5.74, 6) is -0.806. The van der Waals surface area contributed by atoms with E-state index >= 15 is 0 Å². The Morgan fingerprint density at radius 1 is 1.57 bits per heavy atom. The summed E-state index contributed by atoms with van der Waals surface area (Å²) in [6.07, 6.45) is 0.0650. The largest absolute Gasteiger partial charge is 0.480 e. The fourth-order valence-electron chi connectivity index (χ4n) is 2.57. The molecule has 116 valence electrons. The molecule has 0 spiro atoms. The van der Waals surface area contributed by atoms with E-state index in [9.17, 15) is 4.79 Å². The highest BCUT2D eigenvalue weighted by molar-refractivity contribution is 9.10. The summed E-state index contributed by atoms with van der Waals surface area (Å²) in [7, 11) is 1.81. The number of carboxylic acid groups (broad SMARTS) is 1. The van der Waals surface area contributed by atoms with Gasteiger partial charge in [-0.15, -0.1) is 0 Å². The molecule has 1 aliphatic heterocycles. The van der Waals surface area contributed by atoms with Gasteiger partial charge in [0.05, 0.1) is 19.3 Å². The zero-order chi connectivity index (χ0) is 15.2. The minimum atomic E-state index is -0.806. The standard InChI is InChI=1S/C15H21BrN2O3/c1-17(11-15(19)20)9-14-10-18(5-6-21-14)8-12-3-2-4-13(16)7-12/h2-4,7,14H,5-6,8-11H2,1H3,(H,19,20). The van der Waals surface area contributed by atoms with E-state index in [1.165, 1.54) is 5.56 Å². The number of carboxylic acids is 1. The molecule has 0 aromatic heterocycles. The Balaban J connectivity index is 1.84. The minimum absolute atomic E-state index is 0.0471. The van der Waals surface area contributed by atoms with Crippen LogP contribution in [-0.2, 0) is 16.1 Å². The average molecular weight is 357 g/mol. The molecule has 1 N–H and O–H groups in total. The zero-order valence-electron chi connectivity index (χ0n) is 12.2. The van der Waals surface area contributed by atoms with Crippen molar-refractivity contribution in [3.05, 3.63) is 34.3 Å². The molecule has 1 fully saturated rings. The third-order valence-corrected chi connectivity index (χ3v) is 3.93. The Morgan fingerprint density at radius 3 is 3.10 bits per heavy atom. The number of carbonyl (C=O) groups is 1. The topological polar surface area (TPSA) is 53.0 Å². The number of aliphatic carboxylic acids is 1. The maximum absolute atomic E-state index is 10.7. The fraction of sp³-hybridized carbons (Fsp3) is 0.533. The van der Waals surface area contributed by atoms with Gasteiger partial charge in [0.2, 0.25) is 0 Å². The van der Waals surface area contributed by atoms with Gasteiger partial charge in [0.1, 0.15) is 0 Å². The Hall–Kier alpha value is -0.950. The molecule has 0 radical (unpaired) electrons. The van der Waals surface area contributed by atoms with Crippen LogP contribution in [0.15, 0.2) is 28.7 Å². The molecule has 1 aromatic carbocycles. The lowest BCUT2D eigenvalue weighted by molar-refractivity contribution is -0.138. The van der Waals surface area contributed by atoms with Gasteiger partial charge in [0.25, 0.3) is 0 Å². The van der Waals surface area contributed by atoms with Crippen LogP contribution in [0.2, 0.25) is 0 Å². The van der Waals surface area contributed by atoms with Crippen molar-refractivity contribution in [2.45, 2.75) is 12.6 Å². The van der Waals surface area contributed by atoms with Crippen LogP contribution in [0, 0.1) is 0 Å².